The third kappa shape index (κ3) is 2.58. The van der Waals surface area contributed by atoms with Gasteiger partial charge in [0.05, 0.1) is 0 Å². The lowest BCUT2D eigenvalue weighted by atomic mass is 9.89. The minimum absolute atomic E-state index is 0.451. The van der Waals surface area contributed by atoms with E-state index < -0.39 is 0 Å². The molecule has 0 aliphatic carbocycles. The number of rotatable bonds is 2. The molecule has 1 N–H and O–H groups in total. The van der Waals surface area contributed by atoms with Gasteiger partial charge in [0.15, 0.2) is 0 Å². The standard InChI is InChI=1S/C19H24O/c1-11-7-13(3)17(14(4)8-11)10-18-16(6)12(2)9-15(5)19(18)20/h7-9,20H,10H2,1-6H3. The molecule has 0 aliphatic heterocycles. The lowest BCUT2D eigenvalue weighted by Crippen LogP contribution is -2.01. The van der Waals surface area contributed by atoms with Gasteiger partial charge in [-0.3, -0.25) is 0 Å². The summed E-state index contributed by atoms with van der Waals surface area (Å²) < 4.78 is 0. The molecule has 0 heterocycles. The van der Waals surface area contributed by atoms with Crippen molar-refractivity contribution in [3.05, 3.63) is 62.7 Å². The van der Waals surface area contributed by atoms with Crippen molar-refractivity contribution in [3.8, 4) is 5.75 Å². The molecule has 0 saturated heterocycles. The van der Waals surface area contributed by atoms with Gasteiger partial charge >= 0.3 is 0 Å². The van der Waals surface area contributed by atoms with E-state index in [1.165, 1.54) is 33.4 Å². The maximum Gasteiger partial charge on any atom is 0.122 e. The molecule has 0 saturated carbocycles. The number of phenols is 1. The van der Waals surface area contributed by atoms with Gasteiger partial charge in [-0.25, -0.2) is 0 Å². The highest BCUT2D eigenvalue weighted by atomic mass is 16.3. The molecule has 2 aromatic rings. The number of hydrogen-bond acceptors (Lipinski definition) is 1. The van der Waals surface area contributed by atoms with Crippen LogP contribution in [0.3, 0.4) is 0 Å². The molecule has 0 atom stereocenters. The van der Waals surface area contributed by atoms with Crippen LogP contribution in [0.25, 0.3) is 0 Å². The fraction of sp³-hybridized carbons (Fsp3) is 0.368. The van der Waals surface area contributed by atoms with E-state index >= 15 is 0 Å². The van der Waals surface area contributed by atoms with E-state index in [-0.39, 0.29) is 0 Å². The van der Waals surface area contributed by atoms with Crippen LogP contribution in [0.15, 0.2) is 18.2 Å². The third-order valence-corrected chi connectivity index (χ3v) is 4.33. The van der Waals surface area contributed by atoms with Gasteiger partial charge in [0.25, 0.3) is 0 Å². The van der Waals surface area contributed by atoms with Crippen molar-refractivity contribution in [2.45, 2.75) is 48.0 Å². The molecule has 0 fully saturated rings. The van der Waals surface area contributed by atoms with Gasteiger partial charge < -0.3 is 5.11 Å². The summed E-state index contributed by atoms with van der Waals surface area (Å²) in [4.78, 5) is 0. The van der Waals surface area contributed by atoms with Crippen molar-refractivity contribution in [3.63, 3.8) is 0 Å². The minimum Gasteiger partial charge on any atom is -0.507 e. The van der Waals surface area contributed by atoms with Crippen LogP contribution in [0.5, 0.6) is 5.75 Å². The summed E-state index contributed by atoms with van der Waals surface area (Å²) in [5.41, 5.74) is 9.72. The molecule has 2 aromatic carbocycles. The second kappa shape index (κ2) is 5.32. The van der Waals surface area contributed by atoms with E-state index in [4.69, 9.17) is 0 Å². The molecule has 20 heavy (non-hydrogen) atoms. The molecule has 0 aromatic heterocycles. The van der Waals surface area contributed by atoms with Crippen LogP contribution in [0.1, 0.15) is 44.5 Å². The summed E-state index contributed by atoms with van der Waals surface area (Å²) >= 11 is 0. The monoisotopic (exact) mass is 268 g/mol. The maximum absolute atomic E-state index is 10.4. The summed E-state index contributed by atoms with van der Waals surface area (Å²) in [6.45, 7) is 12.6. The zero-order chi connectivity index (χ0) is 15.0. The number of hydrogen-bond donors (Lipinski definition) is 1. The largest absolute Gasteiger partial charge is 0.507 e. The molecule has 1 nitrogen and oxygen atoms in total. The Bertz CT molecular complexity index is 617. The summed E-state index contributed by atoms with van der Waals surface area (Å²) in [7, 11) is 0. The first kappa shape index (κ1) is 14.6. The number of aryl methyl sites for hydroxylation is 5. The Morgan fingerprint density at radius 2 is 1.25 bits per heavy atom. The van der Waals surface area contributed by atoms with Crippen LogP contribution in [-0.4, -0.2) is 5.11 Å². The average Bonchev–Trinajstić information content (AvgIpc) is 2.34. The van der Waals surface area contributed by atoms with Gasteiger partial charge in [0, 0.05) is 12.0 Å². The molecule has 0 spiro atoms. The second-order valence-electron chi connectivity index (χ2n) is 6.02. The SMILES string of the molecule is Cc1cc(C)c(Cc2c(C)c(C)cc(C)c2O)c(C)c1. The topological polar surface area (TPSA) is 20.2 Å². The highest BCUT2D eigenvalue weighted by molar-refractivity contribution is 5.52. The summed E-state index contributed by atoms with van der Waals surface area (Å²) in [5.74, 6) is 0.451. The molecule has 0 bridgehead atoms. The highest BCUT2D eigenvalue weighted by Crippen LogP contribution is 2.31. The zero-order valence-electron chi connectivity index (χ0n) is 13.4. The first-order valence-electron chi connectivity index (χ1n) is 7.16. The van der Waals surface area contributed by atoms with Crippen LogP contribution in [-0.2, 0) is 6.42 Å². The van der Waals surface area contributed by atoms with Crippen LogP contribution in [0.4, 0.5) is 0 Å². The van der Waals surface area contributed by atoms with Crippen molar-refractivity contribution >= 4 is 0 Å². The molecular formula is C19H24O. The fourth-order valence-electron chi connectivity index (χ4n) is 3.04. The number of aromatic hydroxyl groups is 1. The van der Waals surface area contributed by atoms with E-state index in [2.05, 4.69) is 52.8 Å². The Balaban J connectivity index is 2.56. The molecule has 0 unspecified atom stereocenters. The Labute approximate surface area is 122 Å². The van der Waals surface area contributed by atoms with Gasteiger partial charge in [-0.05, 0) is 74.9 Å². The normalized spacial score (nSPS) is 10.9. The van der Waals surface area contributed by atoms with Gasteiger partial charge in [-0.1, -0.05) is 23.8 Å². The molecule has 1 heteroatoms. The average molecular weight is 268 g/mol. The van der Waals surface area contributed by atoms with Crippen molar-refractivity contribution in [2.75, 3.05) is 0 Å². The predicted octanol–water partition coefficient (Wildman–Crippen LogP) is 4.83. The van der Waals surface area contributed by atoms with Crippen molar-refractivity contribution in [1.82, 2.24) is 0 Å². The maximum atomic E-state index is 10.4. The summed E-state index contributed by atoms with van der Waals surface area (Å²) in [5, 5.41) is 10.4. The highest BCUT2D eigenvalue weighted by Gasteiger charge is 2.14. The minimum atomic E-state index is 0.451. The predicted molar refractivity (Wildman–Crippen MR) is 85.8 cm³/mol. The van der Waals surface area contributed by atoms with E-state index in [9.17, 15) is 5.11 Å². The Hall–Kier alpha value is -1.76. The zero-order valence-corrected chi connectivity index (χ0v) is 13.4. The fourth-order valence-corrected chi connectivity index (χ4v) is 3.04. The smallest absolute Gasteiger partial charge is 0.122 e. The van der Waals surface area contributed by atoms with Crippen molar-refractivity contribution in [2.24, 2.45) is 0 Å². The number of benzene rings is 2. The van der Waals surface area contributed by atoms with Gasteiger partial charge in [0.2, 0.25) is 0 Å². The Morgan fingerprint density at radius 1 is 0.700 bits per heavy atom. The molecular weight excluding hydrogens is 244 g/mol. The van der Waals surface area contributed by atoms with E-state index in [1.54, 1.807) is 0 Å². The lowest BCUT2D eigenvalue weighted by molar-refractivity contribution is 0.464. The van der Waals surface area contributed by atoms with Gasteiger partial charge in [-0.15, -0.1) is 0 Å². The summed E-state index contributed by atoms with van der Waals surface area (Å²) in [6, 6.07) is 6.50. The van der Waals surface area contributed by atoms with E-state index in [1.807, 2.05) is 6.92 Å². The van der Waals surface area contributed by atoms with E-state index in [0.29, 0.717) is 5.75 Å². The molecule has 106 valence electrons. The third-order valence-electron chi connectivity index (χ3n) is 4.33. The van der Waals surface area contributed by atoms with Crippen LogP contribution >= 0.6 is 0 Å². The Kier molecular flexibility index (Phi) is 3.89. The quantitative estimate of drug-likeness (QED) is 0.826. The molecule has 0 radical (unpaired) electrons. The summed E-state index contributed by atoms with van der Waals surface area (Å²) in [6.07, 6.45) is 0.804. The van der Waals surface area contributed by atoms with Crippen LogP contribution in [0.2, 0.25) is 0 Å². The van der Waals surface area contributed by atoms with E-state index in [0.717, 1.165) is 17.5 Å². The molecule has 2 rings (SSSR count). The molecule has 0 amide bonds. The van der Waals surface area contributed by atoms with Crippen LogP contribution < -0.4 is 0 Å². The molecule has 0 aliphatic rings. The first-order chi connectivity index (χ1) is 9.31. The first-order valence-corrected chi connectivity index (χ1v) is 7.16. The Morgan fingerprint density at radius 3 is 1.80 bits per heavy atom. The number of phenolic OH excluding ortho intramolecular Hbond substituents is 1. The van der Waals surface area contributed by atoms with Crippen molar-refractivity contribution in [1.29, 1.82) is 0 Å². The second-order valence-corrected chi connectivity index (χ2v) is 6.02. The lowest BCUT2D eigenvalue weighted by Gasteiger charge is -2.17. The van der Waals surface area contributed by atoms with Gasteiger partial charge in [-0.2, -0.15) is 0 Å². The van der Waals surface area contributed by atoms with Crippen molar-refractivity contribution < 1.29 is 5.11 Å². The van der Waals surface area contributed by atoms with Crippen LogP contribution in [0, 0.1) is 41.5 Å². The van der Waals surface area contributed by atoms with Gasteiger partial charge in [0.1, 0.15) is 5.75 Å².